The lowest BCUT2D eigenvalue weighted by molar-refractivity contribution is 0.782. The van der Waals surface area contributed by atoms with Gasteiger partial charge in [0.2, 0.25) is 0 Å². The molecule has 0 saturated carbocycles. The van der Waals surface area contributed by atoms with Crippen LogP contribution in [0.15, 0.2) is 35.5 Å². The molecule has 3 rings (SSSR count). The van der Waals surface area contributed by atoms with Crippen molar-refractivity contribution in [1.82, 2.24) is 20.6 Å². The van der Waals surface area contributed by atoms with Crippen LogP contribution in [0.25, 0.3) is 10.9 Å². The fraction of sp³-hybridized carbons (Fsp3) is 0.368. The predicted octanol–water partition coefficient (Wildman–Crippen LogP) is 3.19. The second-order valence-corrected chi connectivity index (χ2v) is 7.32. The first-order valence-corrected chi connectivity index (χ1v) is 9.41. The average Bonchev–Trinajstić information content (AvgIpc) is 3.17. The van der Waals surface area contributed by atoms with Crippen molar-refractivity contribution in [2.75, 3.05) is 20.1 Å². The zero-order valence-electron chi connectivity index (χ0n) is 15.0. The highest BCUT2D eigenvalue weighted by Gasteiger charge is 2.05. The van der Waals surface area contributed by atoms with Crippen molar-refractivity contribution in [3.8, 4) is 0 Å². The van der Waals surface area contributed by atoms with E-state index in [9.17, 15) is 0 Å². The van der Waals surface area contributed by atoms with Gasteiger partial charge in [0.15, 0.2) is 5.96 Å². The van der Waals surface area contributed by atoms with Gasteiger partial charge in [-0.1, -0.05) is 18.2 Å². The number of nitrogens with zero attached hydrogens (tertiary/aromatic N) is 2. The van der Waals surface area contributed by atoms with Crippen molar-refractivity contribution in [1.29, 1.82) is 0 Å². The number of nitrogens with one attached hydrogen (secondary N) is 3. The SMILES string of the molecule is CN=C(NCCc1nc(C)c(C)s1)NCCc1c[nH]c2ccccc12. The van der Waals surface area contributed by atoms with Crippen molar-refractivity contribution >= 4 is 28.2 Å². The number of guanidine groups is 1. The van der Waals surface area contributed by atoms with E-state index in [1.165, 1.54) is 26.4 Å². The Morgan fingerprint density at radius 3 is 2.64 bits per heavy atom. The number of benzene rings is 1. The molecule has 0 aliphatic rings. The van der Waals surface area contributed by atoms with Gasteiger partial charge in [-0.25, -0.2) is 4.98 Å². The molecule has 132 valence electrons. The maximum atomic E-state index is 4.57. The lowest BCUT2D eigenvalue weighted by Gasteiger charge is -2.11. The standard InChI is InChI=1S/C19H25N5S/c1-13-14(2)25-18(24-13)9-11-22-19(20-3)21-10-8-15-12-23-17-7-5-4-6-16(15)17/h4-7,12,23H,8-11H2,1-3H3,(H2,20,21,22). The maximum Gasteiger partial charge on any atom is 0.191 e. The Kier molecular flexibility index (Phi) is 5.71. The molecule has 2 heterocycles. The Labute approximate surface area is 152 Å². The van der Waals surface area contributed by atoms with Gasteiger partial charge in [0.25, 0.3) is 0 Å². The van der Waals surface area contributed by atoms with E-state index in [2.05, 4.69) is 69.9 Å². The number of hydrogen-bond donors (Lipinski definition) is 3. The summed E-state index contributed by atoms with van der Waals surface area (Å²) in [6.45, 7) is 5.86. The Hall–Kier alpha value is -2.34. The van der Waals surface area contributed by atoms with Gasteiger partial charge in [-0.2, -0.15) is 0 Å². The molecule has 0 spiro atoms. The summed E-state index contributed by atoms with van der Waals surface area (Å²) in [4.78, 5) is 13.5. The molecule has 3 N–H and O–H groups in total. The van der Waals surface area contributed by atoms with E-state index in [4.69, 9.17) is 0 Å². The Bertz CT molecular complexity index is 842. The van der Waals surface area contributed by atoms with Crippen LogP contribution in [0.5, 0.6) is 0 Å². The van der Waals surface area contributed by atoms with Crippen LogP contribution >= 0.6 is 11.3 Å². The molecule has 0 amide bonds. The summed E-state index contributed by atoms with van der Waals surface area (Å²) in [6.07, 6.45) is 3.97. The van der Waals surface area contributed by atoms with Crippen molar-refractivity contribution in [2.45, 2.75) is 26.7 Å². The van der Waals surface area contributed by atoms with Crippen molar-refractivity contribution < 1.29 is 0 Å². The number of H-pyrrole nitrogens is 1. The van der Waals surface area contributed by atoms with Gasteiger partial charge in [0.05, 0.1) is 10.7 Å². The Morgan fingerprint density at radius 2 is 1.92 bits per heavy atom. The van der Waals surface area contributed by atoms with Gasteiger partial charge in [0.1, 0.15) is 0 Å². The number of aryl methyl sites for hydroxylation is 2. The Balaban J connectivity index is 1.44. The first kappa shape index (κ1) is 17.5. The van der Waals surface area contributed by atoms with Crippen molar-refractivity contribution in [3.63, 3.8) is 0 Å². The summed E-state index contributed by atoms with van der Waals surface area (Å²) in [5, 5.41) is 9.22. The van der Waals surface area contributed by atoms with E-state index in [1.54, 1.807) is 18.4 Å². The molecule has 0 aliphatic heterocycles. The second kappa shape index (κ2) is 8.16. The third-order valence-electron chi connectivity index (χ3n) is 4.29. The number of aromatic amines is 1. The topological polar surface area (TPSA) is 65.1 Å². The van der Waals surface area contributed by atoms with Gasteiger partial charge in [-0.15, -0.1) is 11.3 Å². The maximum absolute atomic E-state index is 4.57. The fourth-order valence-electron chi connectivity index (χ4n) is 2.81. The van der Waals surface area contributed by atoms with Gasteiger partial charge in [-0.3, -0.25) is 4.99 Å². The highest BCUT2D eigenvalue weighted by atomic mass is 32.1. The number of hydrogen-bond acceptors (Lipinski definition) is 3. The van der Waals surface area contributed by atoms with Crippen LogP contribution in [-0.4, -0.2) is 36.1 Å². The van der Waals surface area contributed by atoms with Crippen LogP contribution < -0.4 is 10.6 Å². The molecule has 0 bridgehead atoms. The molecule has 6 heteroatoms. The lowest BCUT2D eigenvalue weighted by atomic mass is 10.1. The molecule has 0 saturated heterocycles. The number of rotatable bonds is 6. The summed E-state index contributed by atoms with van der Waals surface area (Å²) >= 11 is 1.78. The first-order valence-electron chi connectivity index (χ1n) is 8.60. The molecule has 0 atom stereocenters. The number of aliphatic imine (C=N–C) groups is 1. The largest absolute Gasteiger partial charge is 0.361 e. The highest BCUT2D eigenvalue weighted by molar-refractivity contribution is 7.11. The van der Waals surface area contributed by atoms with E-state index >= 15 is 0 Å². The number of aromatic nitrogens is 2. The lowest BCUT2D eigenvalue weighted by Crippen LogP contribution is -2.39. The van der Waals surface area contributed by atoms with Crippen LogP contribution in [0.3, 0.4) is 0 Å². The Morgan fingerprint density at radius 1 is 1.16 bits per heavy atom. The number of thiazole rings is 1. The van der Waals surface area contributed by atoms with E-state index in [0.717, 1.165) is 37.6 Å². The molecule has 0 radical (unpaired) electrons. The highest BCUT2D eigenvalue weighted by Crippen LogP contribution is 2.18. The smallest absolute Gasteiger partial charge is 0.191 e. The van der Waals surface area contributed by atoms with Crippen molar-refractivity contribution in [2.24, 2.45) is 4.99 Å². The monoisotopic (exact) mass is 355 g/mol. The van der Waals surface area contributed by atoms with Crippen LogP contribution in [0, 0.1) is 13.8 Å². The van der Waals surface area contributed by atoms with E-state index in [0.29, 0.717) is 0 Å². The number of fused-ring (bicyclic) bond motifs is 1. The molecule has 1 aromatic carbocycles. The molecule has 0 aliphatic carbocycles. The average molecular weight is 356 g/mol. The molecule has 3 aromatic rings. The molecular weight excluding hydrogens is 330 g/mol. The van der Waals surface area contributed by atoms with Crippen LogP contribution in [0.4, 0.5) is 0 Å². The molecule has 5 nitrogen and oxygen atoms in total. The van der Waals surface area contributed by atoms with E-state index < -0.39 is 0 Å². The summed E-state index contributed by atoms with van der Waals surface area (Å²) < 4.78 is 0. The summed E-state index contributed by atoms with van der Waals surface area (Å²) in [7, 11) is 1.80. The minimum atomic E-state index is 0.832. The van der Waals surface area contributed by atoms with Gasteiger partial charge in [-0.05, 0) is 31.9 Å². The van der Waals surface area contributed by atoms with Crippen LogP contribution in [0.1, 0.15) is 21.1 Å². The molecule has 2 aromatic heterocycles. The van der Waals surface area contributed by atoms with Gasteiger partial charge in [0, 0.05) is 48.5 Å². The quantitative estimate of drug-likeness (QED) is 0.470. The fourth-order valence-corrected chi connectivity index (χ4v) is 3.74. The predicted molar refractivity (Wildman–Crippen MR) is 107 cm³/mol. The van der Waals surface area contributed by atoms with E-state index in [-0.39, 0.29) is 0 Å². The third-order valence-corrected chi connectivity index (χ3v) is 5.42. The van der Waals surface area contributed by atoms with Crippen LogP contribution in [-0.2, 0) is 12.8 Å². The molecule has 25 heavy (non-hydrogen) atoms. The van der Waals surface area contributed by atoms with Gasteiger partial charge < -0.3 is 15.6 Å². The zero-order chi connectivity index (χ0) is 17.6. The minimum Gasteiger partial charge on any atom is -0.361 e. The number of para-hydroxylation sites is 1. The summed E-state index contributed by atoms with van der Waals surface area (Å²) in [5.74, 6) is 0.838. The summed E-state index contributed by atoms with van der Waals surface area (Å²) in [5.41, 5.74) is 3.66. The second-order valence-electron chi connectivity index (χ2n) is 6.03. The van der Waals surface area contributed by atoms with Crippen molar-refractivity contribution in [3.05, 3.63) is 51.6 Å². The molecule has 0 unspecified atom stereocenters. The molecule has 0 fully saturated rings. The first-order chi connectivity index (χ1) is 12.2. The normalized spacial score (nSPS) is 11.9. The minimum absolute atomic E-state index is 0.832. The van der Waals surface area contributed by atoms with E-state index in [1.807, 2.05) is 0 Å². The zero-order valence-corrected chi connectivity index (χ0v) is 15.8. The van der Waals surface area contributed by atoms with Gasteiger partial charge >= 0.3 is 0 Å². The summed E-state index contributed by atoms with van der Waals surface area (Å²) in [6, 6.07) is 8.40. The van der Waals surface area contributed by atoms with Crippen LogP contribution in [0.2, 0.25) is 0 Å². The third kappa shape index (κ3) is 4.39. The molecular formula is C19H25N5S.